The number of rotatable bonds is 5. The average molecular weight is 261 g/mol. The Morgan fingerprint density at radius 2 is 2.06 bits per heavy atom. The highest BCUT2D eigenvalue weighted by Gasteiger charge is 2.16. The van der Waals surface area contributed by atoms with Gasteiger partial charge in [-0.3, -0.25) is 0 Å². The lowest BCUT2D eigenvalue weighted by atomic mass is 10.2. The number of nitrogens with one attached hydrogen (secondary N) is 1. The fourth-order valence-corrected chi connectivity index (χ4v) is 2.40. The predicted octanol–water partition coefficient (Wildman–Crippen LogP) is 1.77. The lowest BCUT2D eigenvalue weighted by Gasteiger charge is -2.10. The molecule has 0 radical (unpaired) electrons. The number of sulfonamides is 1. The first-order valence-corrected chi connectivity index (χ1v) is 6.68. The van der Waals surface area contributed by atoms with E-state index in [2.05, 4.69) is 4.72 Å². The Kier molecular flexibility index (Phi) is 4.47. The van der Waals surface area contributed by atoms with Gasteiger partial charge in [-0.15, -0.1) is 0 Å². The van der Waals surface area contributed by atoms with Crippen molar-refractivity contribution in [1.82, 2.24) is 4.72 Å². The van der Waals surface area contributed by atoms with Crippen LogP contribution in [-0.2, 0) is 10.0 Å². The van der Waals surface area contributed by atoms with Gasteiger partial charge in [0.1, 0.15) is 0 Å². The molecule has 0 aliphatic heterocycles. The molecule has 0 amide bonds. The first-order valence-electron chi connectivity index (χ1n) is 5.20. The molecule has 0 fully saturated rings. The Bertz CT molecular complexity index is 485. The van der Waals surface area contributed by atoms with Crippen molar-refractivity contribution in [2.45, 2.75) is 18.7 Å². The van der Waals surface area contributed by atoms with Crippen LogP contribution in [0.2, 0.25) is 0 Å². The van der Waals surface area contributed by atoms with Crippen molar-refractivity contribution < 1.29 is 17.5 Å². The summed E-state index contributed by atoms with van der Waals surface area (Å²) in [6, 6.07) is 3.45. The predicted molar refractivity (Wildman–Crippen MR) is 63.0 cm³/mol. The molecule has 17 heavy (non-hydrogen) atoms. The minimum Gasteiger partial charge on any atom is -0.494 e. The van der Waals surface area contributed by atoms with E-state index in [0.29, 0.717) is 6.54 Å². The summed E-state index contributed by atoms with van der Waals surface area (Å²) in [4.78, 5) is -0.00333. The van der Waals surface area contributed by atoms with Crippen LogP contribution in [-0.4, -0.2) is 22.1 Å². The summed E-state index contributed by atoms with van der Waals surface area (Å²) >= 11 is 0. The van der Waals surface area contributed by atoms with Crippen molar-refractivity contribution in [3.63, 3.8) is 0 Å². The molecule has 96 valence electrons. The Morgan fingerprint density at radius 1 is 1.41 bits per heavy atom. The van der Waals surface area contributed by atoms with Crippen LogP contribution in [0, 0.1) is 11.7 Å². The molecule has 4 nitrogen and oxygen atoms in total. The third-order valence-corrected chi connectivity index (χ3v) is 3.54. The van der Waals surface area contributed by atoms with E-state index < -0.39 is 15.8 Å². The van der Waals surface area contributed by atoms with Crippen molar-refractivity contribution in [3.05, 3.63) is 24.0 Å². The van der Waals surface area contributed by atoms with Gasteiger partial charge in [0.25, 0.3) is 0 Å². The van der Waals surface area contributed by atoms with E-state index in [1.165, 1.54) is 13.2 Å². The van der Waals surface area contributed by atoms with Crippen molar-refractivity contribution in [3.8, 4) is 5.75 Å². The molecule has 0 aliphatic carbocycles. The average Bonchev–Trinajstić information content (AvgIpc) is 2.27. The number of benzene rings is 1. The molecule has 0 heterocycles. The van der Waals surface area contributed by atoms with E-state index in [-0.39, 0.29) is 16.6 Å². The van der Waals surface area contributed by atoms with E-state index in [0.717, 1.165) is 12.1 Å². The SMILES string of the molecule is COc1cc(S(=O)(=O)NCC(C)C)ccc1F. The van der Waals surface area contributed by atoms with Gasteiger partial charge in [-0.1, -0.05) is 13.8 Å². The molecule has 1 rings (SSSR count). The zero-order chi connectivity index (χ0) is 13.1. The molecule has 0 unspecified atom stereocenters. The molecule has 0 atom stereocenters. The number of methoxy groups -OCH3 is 1. The van der Waals surface area contributed by atoms with E-state index in [9.17, 15) is 12.8 Å². The molecule has 6 heteroatoms. The fourth-order valence-electron chi connectivity index (χ4n) is 1.17. The molecule has 0 aliphatic rings. The molecule has 1 N–H and O–H groups in total. The highest BCUT2D eigenvalue weighted by Crippen LogP contribution is 2.21. The van der Waals surface area contributed by atoms with Crippen LogP contribution < -0.4 is 9.46 Å². The molecular weight excluding hydrogens is 245 g/mol. The fraction of sp³-hybridized carbons (Fsp3) is 0.455. The largest absolute Gasteiger partial charge is 0.494 e. The molecular formula is C11H16FNO3S. The monoisotopic (exact) mass is 261 g/mol. The smallest absolute Gasteiger partial charge is 0.240 e. The van der Waals surface area contributed by atoms with Crippen molar-refractivity contribution in [2.24, 2.45) is 5.92 Å². The Hall–Kier alpha value is -1.14. The zero-order valence-corrected chi connectivity index (χ0v) is 10.8. The quantitative estimate of drug-likeness (QED) is 0.878. The van der Waals surface area contributed by atoms with Crippen LogP contribution in [0.15, 0.2) is 23.1 Å². The molecule has 0 spiro atoms. The lowest BCUT2D eigenvalue weighted by molar-refractivity contribution is 0.385. The van der Waals surface area contributed by atoms with Gasteiger partial charge in [-0.25, -0.2) is 17.5 Å². The molecule has 1 aromatic rings. The third-order valence-electron chi connectivity index (χ3n) is 2.11. The summed E-state index contributed by atoms with van der Waals surface area (Å²) in [5.41, 5.74) is 0. The first-order chi connectivity index (χ1) is 7.86. The van der Waals surface area contributed by atoms with Gasteiger partial charge in [-0.05, 0) is 18.1 Å². The van der Waals surface area contributed by atoms with Crippen LogP contribution in [0.25, 0.3) is 0 Å². The molecule has 1 aromatic carbocycles. The maximum atomic E-state index is 13.1. The Labute approximate surface area is 101 Å². The van der Waals surface area contributed by atoms with Crippen molar-refractivity contribution in [2.75, 3.05) is 13.7 Å². The van der Waals surface area contributed by atoms with E-state index in [4.69, 9.17) is 4.74 Å². The van der Waals surface area contributed by atoms with E-state index in [1.807, 2.05) is 13.8 Å². The molecule has 0 saturated heterocycles. The van der Waals surface area contributed by atoms with Crippen LogP contribution in [0.3, 0.4) is 0 Å². The summed E-state index contributed by atoms with van der Waals surface area (Å²) in [7, 11) is -2.31. The summed E-state index contributed by atoms with van der Waals surface area (Å²) < 4.78 is 44.0. The molecule has 0 saturated carbocycles. The van der Waals surface area contributed by atoms with E-state index in [1.54, 1.807) is 0 Å². The number of hydrogen-bond acceptors (Lipinski definition) is 3. The van der Waals surface area contributed by atoms with E-state index >= 15 is 0 Å². The minimum atomic E-state index is -3.60. The van der Waals surface area contributed by atoms with Crippen molar-refractivity contribution in [1.29, 1.82) is 0 Å². The second kappa shape index (κ2) is 5.46. The lowest BCUT2D eigenvalue weighted by Crippen LogP contribution is -2.27. The minimum absolute atomic E-state index is 0.00333. The summed E-state index contributed by atoms with van der Waals surface area (Å²) in [5, 5.41) is 0. The number of halogens is 1. The van der Waals surface area contributed by atoms with Gasteiger partial charge < -0.3 is 4.74 Å². The third kappa shape index (κ3) is 3.67. The second-order valence-electron chi connectivity index (χ2n) is 4.04. The summed E-state index contributed by atoms with van der Waals surface area (Å²) in [5.74, 6) is -0.472. The number of ether oxygens (including phenoxy) is 1. The van der Waals surface area contributed by atoms with Crippen LogP contribution in [0.1, 0.15) is 13.8 Å². The van der Waals surface area contributed by atoms with Gasteiger partial charge in [-0.2, -0.15) is 0 Å². The maximum absolute atomic E-state index is 13.1. The maximum Gasteiger partial charge on any atom is 0.240 e. The summed E-state index contributed by atoms with van der Waals surface area (Å²) in [6.07, 6.45) is 0. The van der Waals surface area contributed by atoms with Crippen LogP contribution >= 0.6 is 0 Å². The number of hydrogen-bond donors (Lipinski definition) is 1. The first kappa shape index (κ1) is 13.9. The van der Waals surface area contributed by atoms with Crippen molar-refractivity contribution >= 4 is 10.0 Å². The summed E-state index contributed by atoms with van der Waals surface area (Å²) in [6.45, 7) is 4.13. The van der Waals surface area contributed by atoms with Gasteiger partial charge in [0.15, 0.2) is 11.6 Å². The normalized spacial score (nSPS) is 11.8. The van der Waals surface area contributed by atoms with Crippen LogP contribution in [0.4, 0.5) is 4.39 Å². The second-order valence-corrected chi connectivity index (χ2v) is 5.81. The Morgan fingerprint density at radius 3 is 2.59 bits per heavy atom. The topological polar surface area (TPSA) is 55.4 Å². The zero-order valence-electron chi connectivity index (χ0n) is 10.0. The van der Waals surface area contributed by atoms with Gasteiger partial charge >= 0.3 is 0 Å². The molecule has 0 bridgehead atoms. The standard InChI is InChI=1S/C11H16FNO3S/c1-8(2)7-13-17(14,15)9-4-5-10(12)11(6-9)16-3/h4-6,8,13H,7H2,1-3H3. The Balaban J connectivity index is 2.99. The van der Waals surface area contributed by atoms with Gasteiger partial charge in [0, 0.05) is 12.6 Å². The molecule has 0 aromatic heterocycles. The highest BCUT2D eigenvalue weighted by molar-refractivity contribution is 7.89. The van der Waals surface area contributed by atoms with Gasteiger partial charge in [0.2, 0.25) is 10.0 Å². The van der Waals surface area contributed by atoms with Crippen LogP contribution in [0.5, 0.6) is 5.75 Å². The highest BCUT2D eigenvalue weighted by atomic mass is 32.2. The van der Waals surface area contributed by atoms with Gasteiger partial charge in [0.05, 0.1) is 12.0 Å².